The van der Waals surface area contributed by atoms with E-state index < -0.39 is 0 Å². The Morgan fingerprint density at radius 3 is 2.58 bits per heavy atom. The Labute approximate surface area is 191 Å². The molecule has 0 bridgehead atoms. The minimum absolute atomic E-state index is 0.0414. The van der Waals surface area contributed by atoms with Gasteiger partial charge in [-0.1, -0.05) is 30.3 Å². The van der Waals surface area contributed by atoms with Crippen LogP contribution in [0.3, 0.4) is 0 Å². The maximum absolute atomic E-state index is 11.6. The number of ketones is 1. The van der Waals surface area contributed by atoms with Gasteiger partial charge in [0, 0.05) is 35.7 Å². The van der Waals surface area contributed by atoms with Gasteiger partial charge in [0.05, 0.1) is 18.8 Å². The number of carbonyl (C=O) groups excluding carboxylic acids is 1. The van der Waals surface area contributed by atoms with E-state index >= 15 is 0 Å². The third-order valence-electron chi connectivity index (χ3n) is 6.01. The van der Waals surface area contributed by atoms with Crippen LogP contribution in [0.4, 0.5) is 0 Å². The number of hydrogen-bond acceptors (Lipinski definition) is 5. The number of aromatic amines is 1. The molecule has 0 radical (unpaired) electrons. The van der Waals surface area contributed by atoms with Crippen LogP contribution in [-0.2, 0) is 4.74 Å². The summed E-state index contributed by atoms with van der Waals surface area (Å²) in [5.74, 6) is 0.651. The molecule has 2 aromatic carbocycles. The van der Waals surface area contributed by atoms with E-state index in [0.717, 1.165) is 46.3 Å². The van der Waals surface area contributed by atoms with Crippen molar-refractivity contribution < 1.29 is 14.3 Å². The molecule has 0 aliphatic carbocycles. The molecular weight excluding hydrogens is 414 g/mol. The number of H-pyrrole nitrogens is 1. The molecule has 4 aromatic rings. The number of aromatic nitrogens is 2. The third-order valence-corrected chi connectivity index (χ3v) is 6.01. The molecule has 1 aliphatic heterocycles. The number of pyridine rings is 1. The Kier molecular flexibility index (Phi) is 5.64. The molecular formula is C27H23N3O3. The minimum Gasteiger partial charge on any atom is -0.489 e. The molecule has 1 fully saturated rings. The highest BCUT2D eigenvalue weighted by Gasteiger charge is 2.18. The second kappa shape index (κ2) is 8.89. The number of ether oxygens (including phenoxy) is 2. The number of hydrogen-bond donors (Lipinski definition) is 1. The van der Waals surface area contributed by atoms with Crippen LogP contribution in [0, 0.1) is 11.3 Å². The first-order chi connectivity index (χ1) is 16.1. The minimum atomic E-state index is 0.0414. The summed E-state index contributed by atoms with van der Waals surface area (Å²) in [6.45, 7) is 2.93. The lowest BCUT2D eigenvalue weighted by atomic mass is 10.0. The standard InChI is InChI=1S/C27H23N3O3/c1-17(31)18-2-4-19(5-3-18)25-15-24-23(8-11-29-27(24)30-25)20-6-7-26(21(14-20)16-28)33-22-9-12-32-13-10-22/h2-8,11,14-15,22H,9-10,12-13H2,1H3,(H,29,30). The molecule has 0 atom stereocenters. The number of fused-ring (bicyclic) bond motifs is 1. The van der Waals surface area contributed by atoms with Crippen molar-refractivity contribution in [2.45, 2.75) is 25.9 Å². The Balaban J connectivity index is 1.49. The zero-order valence-corrected chi connectivity index (χ0v) is 18.3. The summed E-state index contributed by atoms with van der Waals surface area (Å²) in [4.78, 5) is 19.4. The highest BCUT2D eigenvalue weighted by Crippen LogP contribution is 2.34. The number of benzene rings is 2. The van der Waals surface area contributed by atoms with E-state index in [1.165, 1.54) is 0 Å². The fraction of sp³-hybridized carbons (Fsp3) is 0.222. The number of nitrogens with one attached hydrogen (secondary N) is 1. The average molecular weight is 437 g/mol. The van der Waals surface area contributed by atoms with E-state index in [0.29, 0.717) is 30.1 Å². The molecule has 0 unspecified atom stereocenters. The number of nitrogens with zero attached hydrogens (tertiary/aromatic N) is 2. The van der Waals surface area contributed by atoms with Gasteiger partial charge in [-0.15, -0.1) is 0 Å². The summed E-state index contributed by atoms with van der Waals surface area (Å²) in [6, 6.07) is 19.5. The Morgan fingerprint density at radius 1 is 1.09 bits per heavy atom. The van der Waals surface area contributed by atoms with E-state index in [1.54, 1.807) is 13.1 Å². The molecule has 0 saturated carbocycles. The predicted octanol–water partition coefficient (Wildman–Crippen LogP) is 5.53. The molecule has 5 rings (SSSR count). The van der Waals surface area contributed by atoms with Gasteiger partial charge in [0.25, 0.3) is 0 Å². The van der Waals surface area contributed by atoms with Crippen molar-refractivity contribution in [1.29, 1.82) is 5.26 Å². The van der Waals surface area contributed by atoms with Crippen molar-refractivity contribution in [2.24, 2.45) is 0 Å². The first-order valence-electron chi connectivity index (χ1n) is 11.0. The number of carbonyl (C=O) groups is 1. The number of rotatable bonds is 5. The van der Waals surface area contributed by atoms with E-state index in [-0.39, 0.29) is 11.9 Å². The van der Waals surface area contributed by atoms with Crippen LogP contribution in [0.25, 0.3) is 33.4 Å². The van der Waals surface area contributed by atoms with Gasteiger partial charge in [-0.2, -0.15) is 5.26 Å². The van der Waals surface area contributed by atoms with Gasteiger partial charge in [0.2, 0.25) is 0 Å². The summed E-state index contributed by atoms with van der Waals surface area (Å²) < 4.78 is 11.5. The van der Waals surface area contributed by atoms with Gasteiger partial charge in [-0.3, -0.25) is 4.79 Å². The van der Waals surface area contributed by atoms with Gasteiger partial charge in [-0.05, 0) is 47.9 Å². The molecule has 6 heteroatoms. The molecule has 0 amide bonds. The van der Waals surface area contributed by atoms with Crippen LogP contribution in [0.5, 0.6) is 5.75 Å². The molecule has 6 nitrogen and oxygen atoms in total. The maximum atomic E-state index is 11.6. The van der Waals surface area contributed by atoms with E-state index in [1.807, 2.05) is 48.5 Å². The summed E-state index contributed by atoms with van der Waals surface area (Å²) >= 11 is 0. The van der Waals surface area contributed by atoms with Crippen molar-refractivity contribution >= 4 is 16.8 Å². The van der Waals surface area contributed by atoms with Crippen molar-refractivity contribution in [3.63, 3.8) is 0 Å². The third kappa shape index (κ3) is 4.23. The molecule has 0 spiro atoms. The average Bonchev–Trinajstić information content (AvgIpc) is 3.29. The SMILES string of the molecule is CC(=O)c1ccc(-c2cc3c(-c4ccc(OC5CCOCC5)c(C#N)c4)ccnc3[nH]2)cc1. The molecule has 2 aromatic heterocycles. The van der Waals surface area contributed by atoms with Gasteiger partial charge in [0.15, 0.2) is 5.78 Å². The summed E-state index contributed by atoms with van der Waals surface area (Å²) in [7, 11) is 0. The highest BCUT2D eigenvalue weighted by molar-refractivity contribution is 5.97. The van der Waals surface area contributed by atoms with E-state index in [2.05, 4.69) is 22.1 Å². The fourth-order valence-electron chi connectivity index (χ4n) is 4.18. The van der Waals surface area contributed by atoms with Crippen LogP contribution >= 0.6 is 0 Å². The quantitative estimate of drug-likeness (QED) is 0.415. The van der Waals surface area contributed by atoms with Crippen LogP contribution < -0.4 is 4.74 Å². The molecule has 3 heterocycles. The summed E-state index contributed by atoms with van der Waals surface area (Å²) in [5.41, 5.74) is 5.76. The topological polar surface area (TPSA) is 88.0 Å². The second-order valence-electron chi connectivity index (χ2n) is 8.19. The summed E-state index contributed by atoms with van der Waals surface area (Å²) in [5, 5.41) is 10.7. The van der Waals surface area contributed by atoms with E-state index in [9.17, 15) is 10.1 Å². The van der Waals surface area contributed by atoms with Gasteiger partial charge < -0.3 is 14.5 Å². The fourth-order valence-corrected chi connectivity index (χ4v) is 4.18. The zero-order chi connectivity index (χ0) is 22.8. The first-order valence-corrected chi connectivity index (χ1v) is 11.0. The molecule has 164 valence electrons. The lowest BCUT2D eigenvalue weighted by Gasteiger charge is -2.23. The first kappa shape index (κ1) is 20.9. The molecule has 1 saturated heterocycles. The maximum Gasteiger partial charge on any atom is 0.159 e. The van der Waals surface area contributed by atoms with Crippen LogP contribution in [-0.4, -0.2) is 35.1 Å². The second-order valence-corrected chi connectivity index (χ2v) is 8.19. The summed E-state index contributed by atoms with van der Waals surface area (Å²) in [6.07, 6.45) is 3.50. The highest BCUT2D eigenvalue weighted by atomic mass is 16.5. The van der Waals surface area contributed by atoms with Crippen molar-refractivity contribution in [1.82, 2.24) is 9.97 Å². The van der Waals surface area contributed by atoms with E-state index in [4.69, 9.17) is 9.47 Å². The van der Waals surface area contributed by atoms with Crippen LogP contribution in [0.1, 0.15) is 35.7 Å². The van der Waals surface area contributed by atoms with Crippen molar-refractivity contribution in [2.75, 3.05) is 13.2 Å². The van der Waals surface area contributed by atoms with Crippen molar-refractivity contribution in [3.8, 4) is 34.2 Å². The van der Waals surface area contributed by atoms with Crippen LogP contribution in [0.15, 0.2) is 60.8 Å². The Bertz CT molecular complexity index is 1360. The molecule has 33 heavy (non-hydrogen) atoms. The monoisotopic (exact) mass is 437 g/mol. The Morgan fingerprint density at radius 2 is 1.85 bits per heavy atom. The number of Topliss-reactive ketones (excluding diaryl/α,β-unsaturated/α-hetero) is 1. The van der Waals surface area contributed by atoms with Gasteiger partial charge >= 0.3 is 0 Å². The largest absolute Gasteiger partial charge is 0.489 e. The number of nitriles is 1. The van der Waals surface area contributed by atoms with Crippen molar-refractivity contribution in [3.05, 3.63) is 71.9 Å². The molecule has 1 aliphatic rings. The van der Waals surface area contributed by atoms with Crippen LogP contribution in [0.2, 0.25) is 0 Å². The zero-order valence-electron chi connectivity index (χ0n) is 18.3. The smallest absolute Gasteiger partial charge is 0.159 e. The lowest BCUT2D eigenvalue weighted by molar-refractivity contribution is 0.0254. The normalized spacial score (nSPS) is 14.2. The molecule has 1 N–H and O–H groups in total. The Hall–Kier alpha value is -3.95. The lowest BCUT2D eigenvalue weighted by Crippen LogP contribution is -2.26. The van der Waals surface area contributed by atoms with Gasteiger partial charge in [-0.25, -0.2) is 4.98 Å². The predicted molar refractivity (Wildman–Crippen MR) is 126 cm³/mol. The van der Waals surface area contributed by atoms with Gasteiger partial charge in [0.1, 0.15) is 23.6 Å².